The summed E-state index contributed by atoms with van der Waals surface area (Å²) in [6.45, 7) is 0.573. The molecule has 27 heavy (non-hydrogen) atoms. The normalized spacial score (nSPS) is 11.2. The molecule has 0 atom stereocenters. The quantitative estimate of drug-likeness (QED) is 0.486. The van der Waals surface area contributed by atoms with Crippen LogP contribution in [0, 0.1) is 0 Å². The monoisotopic (exact) mass is 433 g/mol. The summed E-state index contributed by atoms with van der Waals surface area (Å²) in [5.41, 5.74) is -0.0271. The summed E-state index contributed by atoms with van der Waals surface area (Å²) in [5, 5.41) is 10.3. The van der Waals surface area contributed by atoms with Crippen LogP contribution in [0.5, 0.6) is 5.75 Å². The highest BCUT2D eigenvalue weighted by Crippen LogP contribution is 2.27. The van der Waals surface area contributed by atoms with Crippen molar-refractivity contribution in [1.82, 2.24) is 0 Å². The van der Waals surface area contributed by atoms with E-state index in [-0.39, 0.29) is 32.8 Å². The molecule has 2 aromatic rings. The van der Waals surface area contributed by atoms with Crippen molar-refractivity contribution in [2.24, 2.45) is 0 Å². The Kier molecular flexibility index (Phi) is 7.32. The molecule has 0 bridgehead atoms. The number of phenolic OH excluding ortho intramolecular Hbond substituents is 1. The molecule has 2 N–H and O–H groups in total. The molecule has 0 unspecified atom stereocenters. The fourth-order valence-corrected chi connectivity index (χ4v) is 3.89. The van der Waals surface area contributed by atoms with Crippen LogP contribution >= 0.6 is 23.2 Å². The van der Waals surface area contributed by atoms with Gasteiger partial charge in [0.15, 0.2) is 0 Å². The molecule has 0 saturated carbocycles. The molecule has 7 nitrogen and oxygen atoms in total. The van der Waals surface area contributed by atoms with Crippen LogP contribution in [0.15, 0.2) is 41.3 Å². The Balaban J connectivity index is 2.14. The number of esters is 1. The van der Waals surface area contributed by atoms with E-state index in [0.717, 1.165) is 6.07 Å². The number of sulfonamides is 1. The Morgan fingerprint density at radius 2 is 1.78 bits per heavy atom. The molecule has 0 radical (unpaired) electrons. The predicted molar refractivity (Wildman–Crippen MR) is 102 cm³/mol. The molecule has 0 amide bonds. The second kappa shape index (κ2) is 9.27. The van der Waals surface area contributed by atoms with Gasteiger partial charge >= 0.3 is 5.97 Å². The van der Waals surface area contributed by atoms with E-state index >= 15 is 0 Å². The fourth-order valence-electron chi connectivity index (χ4n) is 2.11. The van der Waals surface area contributed by atoms with Crippen molar-refractivity contribution in [3.8, 4) is 5.75 Å². The fraction of sp³-hybridized carbons (Fsp3) is 0.235. The third-order valence-electron chi connectivity index (χ3n) is 3.34. The van der Waals surface area contributed by atoms with Gasteiger partial charge in [0, 0.05) is 36.2 Å². The molecule has 0 spiro atoms. The summed E-state index contributed by atoms with van der Waals surface area (Å²) in [4.78, 5) is 11.8. The Bertz CT molecular complexity index is 913. The van der Waals surface area contributed by atoms with E-state index in [4.69, 9.17) is 32.7 Å². The number of hydrogen-bond donors (Lipinski definition) is 2. The van der Waals surface area contributed by atoms with E-state index in [1.54, 1.807) is 0 Å². The topological polar surface area (TPSA) is 102 Å². The zero-order valence-corrected chi connectivity index (χ0v) is 16.6. The van der Waals surface area contributed by atoms with Crippen LogP contribution in [0.4, 0.5) is 5.69 Å². The van der Waals surface area contributed by atoms with Crippen LogP contribution < -0.4 is 4.72 Å². The maximum Gasteiger partial charge on any atom is 0.341 e. The van der Waals surface area contributed by atoms with Crippen LogP contribution in [0.1, 0.15) is 16.8 Å². The third-order valence-corrected chi connectivity index (χ3v) is 5.14. The van der Waals surface area contributed by atoms with Crippen molar-refractivity contribution in [2.75, 3.05) is 25.0 Å². The third kappa shape index (κ3) is 6.00. The van der Waals surface area contributed by atoms with Crippen LogP contribution in [0.2, 0.25) is 10.0 Å². The molecule has 0 heterocycles. The van der Waals surface area contributed by atoms with Crippen molar-refractivity contribution >= 4 is 44.9 Å². The van der Waals surface area contributed by atoms with E-state index < -0.39 is 21.7 Å². The molecule has 0 saturated heterocycles. The first-order valence-electron chi connectivity index (χ1n) is 7.71. The number of phenols is 1. The summed E-state index contributed by atoms with van der Waals surface area (Å²) in [6, 6.07) is 7.57. The number of methoxy groups -OCH3 is 1. The van der Waals surface area contributed by atoms with Gasteiger partial charge < -0.3 is 14.6 Å². The van der Waals surface area contributed by atoms with Gasteiger partial charge in [-0.25, -0.2) is 13.2 Å². The molecule has 0 aromatic heterocycles. The lowest BCUT2D eigenvalue weighted by Gasteiger charge is -2.11. The number of carbonyl (C=O) groups excluding carboxylic acids is 1. The highest BCUT2D eigenvalue weighted by Gasteiger charge is 2.18. The smallest absolute Gasteiger partial charge is 0.341 e. The van der Waals surface area contributed by atoms with Crippen LogP contribution in [0.3, 0.4) is 0 Å². The van der Waals surface area contributed by atoms with Gasteiger partial charge in [-0.1, -0.05) is 23.2 Å². The minimum absolute atomic E-state index is 0.0551. The molecule has 2 rings (SSSR count). The molecular weight excluding hydrogens is 417 g/mol. The van der Waals surface area contributed by atoms with Crippen LogP contribution in [-0.2, 0) is 19.5 Å². The molecule has 2 aromatic carbocycles. The minimum Gasteiger partial charge on any atom is -0.507 e. The average molecular weight is 434 g/mol. The number of rotatable bonds is 8. The number of benzene rings is 2. The molecule has 0 aliphatic carbocycles. The van der Waals surface area contributed by atoms with Crippen molar-refractivity contribution in [1.29, 1.82) is 0 Å². The molecular formula is C17H17Cl2NO6S. The van der Waals surface area contributed by atoms with Gasteiger partial charge in [-0.05, 0) is 30.3 Å². The maximum absolute atomic E-state index is 12.4. The molecule has 0 aliphatic rings. The van der Waals surface area contributed by atoms with Gasteiger partial charge in [0.2, 0.25) is 0 Å². The number of hydrogen-bond acceptors (Lipinski definition) is 6. The summed E-state index contributed by atoms with van der Waals surface area (Å²) >= 11 is 11.7. The Morgan fingerprint density at radius 1 is 1.11 bits per heavy atom. The second-order valence-electron chi connectivity index (χ2n) is 5.42. The van der Waals surface area contributed by atoms with Crippen LogP contribution in [-0.4, -0.2) is 39.8 Å². The van der Waals surface area contributed by atoms with Crippen molar-refractivity contribution in [2.45, 2.75) is 11.3 Å². The van der Waals surface area contributed by atoms with E-state index in [9.17, 15) is 18.3 Å². The first-order chi connectivity index (χ1) is 12.7. The Labute approximate surface area is 166 Å². The number of aromatic hydroxyl groups is 1. The highest BCUT2D eigenvalue weighted by atomic mass is 35.5. The highest BCUT2D eigenvalue weighted by molar-refractivity contribution is 7.92. The summed E-state index contributed by atoms with van der Waals surface area (Å²) < 4.78 is 37.0. The van der Waals surface area contributed by atoms with Gasteiger partial charge in [-0.15, -0.1) is 0 Å². The average Bonchev–Trinajstić information content (AvgIpc) is 2.57. The summed E-state index contributed by atoms with van der Waals surface area (Å²) in [7, 11) is -2.46. The first-order valence-corrected chi connectivity index (χ1v) is 9.95. The lowest BCUT2D eigenvalue weighted by atomic mass is 10.2. The number of carbonyl (C=O) groups is 1. The molecule has 146 valence electrons. The van der Waals surface area contributed by atoms with E-state index in [1.165, 1.54) is 37.4 Å². The first kappa shape index (κ1) is 21.3. The summed E-state index contributed by atoms with van der Waals surface area (Å²) in [5.74, 6) is -1.14. The molecule has 0 aliphatic heterocycles. The number of nitrogens with one attached hydrogen (secondary N) is 1. The van der Waals surface area contributed by atoms with E-state index in [0.29, 0.717) is 13.0 Å². The lowest BCUT2D eigenvalue weighted by Crippen LogP contribution is -2.13. The Morgan fingerprint density at radius 3 is 2.37 bits per heavy atom. The van der Waals surface area contributed by atoms with Gasteiger partial charge in [0.25, 0.3) is 10.0 Å². The summed E-state index contributed by atoms with van der Waals surface area (Å²) in [6.07, 6.45) is 0.517. The van der Waals surface area contributed by atoms with Crippen molar-refractivity contribution in [3.05, 3.63) is 52.0 Å². The Hall–Kier alpha value is -2.00. The standard InChI is InChI=1S/C17H17Cl2NO6S/c1-25-5-2-6-26-17(22)15-4-3-13(10-16(15)21)20-27(23,24)14-8-11(18)7-12(19)9-14/h3-4,7-10,20-21H,2,5-6H2,1H3. The van der Waals surface area contributed by atoms with Gasteiger partial charge in [0.1, 0.15) is 11.3 Å². The van der Waals surface area contributed by atoms with Gasteiger partial charge in [-0.3, -0.25) is 4.72 Å². The SMILES string of the molecule is COCCCOC(=O)c1ccc(NS(=O)(=O)c2cc(Cl)cc(Cl)c2)cc1O. The van der Waals surface area contributed by atoms with Crippen LogP contribution in [0.25, 0.3) is 0 Å². The van der Waals surface area contributed by atoms with E-state index in [1.807, 2.05) is 0 Å². The zero-order chi connectivity index (χ0) is 20.0. The number of halogens is 2. The minimum atomic E-state index is -3.99. The molecule has 10 heteroatoms. The largest absolute Gasteiger partial charge is 0.507 e. The maximum atomic E-state index is 12.4. The molecule has 0 fully saturated rings. The lowest BCUT2D eigenvalue weighted by molar-refractivity contribution is 0.0465. The number of ether oxygens (including phenoxy) is 2. The van der Waals surface area contributed by atoms with Gasteiger partial charge in [0.05, 0.1) is 17.2 Å². The van der Waals surface area contributed by atoms with Crippen molar-refractivity contribution < 1.29 is 27.8 Å². The van der Waals surface area contributed by atoms with Crippen molar-refractivity contribution in [3.63, 3.8) is 0 Å². The number of anilines is 1. The van der Waals surface area contributed by atoms with Gasteiger partial charge in [-0.2, -0.15) is 0 Å². The zero-order valence-electron chi connectivity index (χ0n) is 14.2. The van der Waals surface area contributed by atoms with E-state index in [2.05, 4.69) is 4.72 Å². The predicted octanol–water partition coefficient (Wildman–Crippen LogP) is 3.69. The second-order valence-corrected chi connectivity index (χ2v) is 7.98.